The number of benzene rings is 2. The number of carbonyl (C=O) groups is 2. The van der Waals surface area contributed by atoms with Crippen LogP contribution in [0.3, 0.4) is 0 Å². The van der Waals surface area contributed by atoms with E-state index in [1.165, 1.54) is 30.0 Å². The minimum absolute atomic E-state index is 0.0783. The molecule has 0 spiro atoms. The van der Waals surface area contributed by atoms with E-state index in [1.54, 1.807) is 25.3 Å². The van der Waals surface area contributed by atoms with Crippen LogP contribution in [0.15, 0.2) is 65.7 Å². The summed E-state index contributed by atoms with van der Waals surface area (Å²) in [5, 5.41) is 13.7. The van der Waals surface area contributed by atoms with E-state index in [-0.39, 0.29) is 23.0 Å². The number of hydrogen-bond acceptors (Lipinski definition) is 6. The van der Waals surface area contributed by atoms with Crippen LogP contribution in [-0.2, 0) is 11.3 Å². The van der Waals surface area contributed by atoms with Crippen molar-refractivity contribution in [3.05, 3.63) is 77.6 Å². The molecule has 0 atom stereocenters. The summed E-state index contributed by atoms with van der Waals surface area (Å²) in [6, 6.07) is 16.3. The van der Waals surface area contributed by atoms with Crippen LogP contribution in [0.5, 0.6) is 5.75 Å². The Hall–Kier alpha value is -3.46. The fourth-order valence-corrected chi connectivity index (χ4v) is 3.11. The quantitative estimate of drug-likeness (QED) is 0.537. The first-order chi connectivity index (χ1) is 14.5. The van der Waals surface area contributed by atoms with E-state index in [1.807, 2.05) is 24.3 Å². The predicted molar refractivity (Wildman–Crippen MR) is 112 cm³/mol. The lowest BCUT2D eigenvalue weighted by Gasteiger charge is -2.07. The van der Waals surface area contributed by atoms with Gasteiger partial charge < -0.3 is 15.4 Å². The molecule has 0 aliphatic heterocycles. The van der Waals surface area contributed by atoms with Crippen LogP contribution in [0.2, 0.25) is 0 Å². The van der Waals surface area contributed by atoms with Crippen LogP contribution < -0.4 is 15.4 Å². The molecule has 1 heterocycles. The first kappa shape index (κ1) is 21.3. The monoisotopic (exact) mass is 426 g/mol. The Balaban J connectivity index is 1.46. The Labute approximate surface area is 177 Å². The van der Waals surface area contributed by atoms with Crippen molar-refractivity contribution in [1.82, 2.24) is 15.5 Å². The number of ether oxygens (including phenoxy) is 1. The zero-order valence-electron chi connectivity index (χ0n) is 16.1. The van der Waals surface area contributed by atoms with E-state index >= 15 is 0 Å². The third-order valence-electron chi connectivity index (χ3n) is 3.98. The zero-order valence-corrected chi connectivity index (χ0v) is 16.9. The van der Waals surface area contributed by atoms with Gasteiger partial charge in [-0.3, -0.25) is 9.59 Å². The molecule has 9 heteroatoms. The first-order valence-electron chi connectivity index (χ1n) is 8.97. The number of methoxy groups -OCH3 is 1. The van der Waals surface area contributed by atoms with Crippen molar-refractivity contribution in [3.63, 3.8) is 0 Å². The Bertz CT molecular complexity index is 1030. The van der Waals surface area contributed by atoms with E-state index in [2.05, 4.69) is 20.8 Å². The molecule has 7 nitrogen and oxygen atoms in total. The fourth-order valence-electron chi connectivity index (χ4n) is 2.47. The number of rotatable bonds is 8. The minimum atomic E-state index is -0.616. The number of nitrogens with one attached hydrogen (secondary N) is 2. The molecule has 3 aromatic rings. The summed E-state index contributed by atoms with van der Waals surface area (Å²) in [4.78, 5) is 24.1. The van der Waals surface area contributed by atoms with E-state index in [0.717, 1.165) is 11.3 Å². The lowest BCUT2D eigenvalue weighted by atomic mass is 10.2. The molecule has 0 radical (unpaired) electrons. The van der Waals surface area contributed by atoms with Gasteiger partial charge in [0.15, 0.2) is 5.82 Å². The number of amides is 2. The summed E-state index contributed by atoms with van der Waals surface area (Å²) in [5.74, 6) is -0.292. The summed E-state index contributed by atoms with van der Waals surface area (Å²) in [6.07, 6.45) is 0. The van der Waals surface area contributed by atoms with Crippen LogP contribution >= 0.6 is 11.8 Å². The molecular formula is C21H19FN4O3S. The molecule has 0 saturated heterocycles. The van der Waals surface area contributed by atoms with E-state index in [4.69, 9.17) is 4.74 Å². The Morgan fingerprint density at radius 2 is 1.90 bits per heavy atom. The lowest BCUT2D eigenvalue weighted by molar-refractivity contribution is -0.118. The molecule has 2 N–H and O–H groups in total. The Morgan fingerprint density at radius 3 is 2.63 bits per heavy atom. The second-order valence-electron chi connectivity index (χ2n) is 6.11. The summed E-state index contributed by atoms with van der Waals surface area (Å²) in [6.45, 7) is 0.392. The van der Waals surface area contributed by atoms with Crippen molar-refractivity contribution >= 4 is 29.4 Å². The second kappa shape index (κ2) is 10.4. The normalized spacial score (nSPS) is 10.3. The van der Waals surface area contributed by atoms with Crippen molar-refractivity contribution in [2.75, 3.05) is 18.2 Å². The average Bonchev–Trinajstić information content (AvgIpc) is 2.77. The molecule has 154 valence electrons. The molecule has 3 rings (SSSR count). The van der Waals surface area contributed by atoms with E-state index in [9.17, 15) is 14.0 Å². The maximum absolute atomic E-state index is 13.6. The number of aromatic nitrogens is 2. The number of thioether (sulfide) groups is 1. The highest BCUT2D eigenvalue weighted by Crippen LogP contribution is 2.16. The van der Waals surface area contributed by atoms with Gasteiger partial charge in [0, 0.05) is 6.54 Å². The number of nitrogens with zero attached hydrogens (tertiary/aromatic N) is 2. The molecule has 30 heavy (non-hydrogen) atoms. The average molecular weight is 426 g/mol. The van der Waals surface area contributed by atoms with Gasteiger partial charge in [-0.25, -0.2) is 4.39 Å². The number of carbonyl (C=O) groups excluding carboxylic acids is 2. The number of anilines is 1. The predicted octanol–water partition coefficient (Wildman–Crippen LogP) is 3.29. The highest BCUT2D eigenvalue weighted by molar-refractivity contribution is 7.99. The molecule has 1 aromatic heterocycles. The van der Waals surface area contributed by atoms with Crippen molar-refractivity contribution in [1.29, 1.82) is 0 Å². The third-order valence-corrected chi connectivity index (χ3v) is 4.90. The smallest absolute Gasteiger partial charge is 0.259 e. The highest BCUT2D eigenvalue weighted by atomic mass is 32.2. The van der Waals surface area contributed by atoms with E-state index in [0.29, 0.717) is 11.6 Å². The van der Waals surface area contributed by atoms with Gasteiger partial charge in [0.05, 0.1) is 18.4 Å². The summed E-state index contributed by atoms with van der Waals surface area (Å²) < 4.78 is 18.8. The van der Waals surface area contributed by atoms with Gasteiger partial charge in [-0.05, 0) is 42.0 Å². The molecular weight excluding hydrogens is 407 g/mol. The Kier molecular flexibility index (Phi) is 7.34. The standard InChI is InChI=1S/C21H19FN4O3S/c1-29-15-6-4-5-14(11-15)12-23-19(27)13-30-20-10-9-18(25-26-20)24-21(28)16-7-2-3-8-17(16)22/h2-11H,12-13H2,1H3,(H,23,27)(H,24,25,28). The molecule has 2 amide bonds. The Morgan fingerprint density at radius 1 is 1.07 bits per heavy atom. The highest BCUT2D eigenvalue weighted by Gasteiger charge is 2.12. The fraction of sp³-hybridized carbons (Fsp3) is 0.143. The van der Waals surface area contributed by atoms with Gasteiger partial charge in [-0.2, -0.15) is 0 Å². The van der Waals surface area contributed by atoms with Gasteiger partial charge >= 0.3 is 0 Å². The van der Waals surface area contributed by atoms with Gasteiger partial charge in [-0.1, -0.05) is 36.0 Å². The molecule has 0 bridgehead atoms. The van der Waals surface area contributed by atoms with Gasteiger partial charge in [0.1, 0.15) is 16.6 Å². The van der Waals surface area contributed by atoms with Crippen LogP contribution in [0.4, 0.5) is 10.2 Å². The summed E-state index contributed by atoms with van der Waals surface area (Å²) in [7, 11) is 1.59. The SMILES string of the molecule is COc1cccc(CNC(=O)CSc2ccc(NC(=O)c3ccccc3F)nn2)c1. The van der Waals surface area contributed by atoms with E-state index < -0.39 is 11.7 Å². The van der Waals surface area contributed by atoms with Crippen molar-refractivity contribution in [3.8, 4) is 5.75 Å². The summed E-state index contributed by atoms with van der Waals surface area (Å²) in [5.41, 5.74) is 0.855. The maximum atomic E-state index is 13.6. The second-order valence-corrected chi connectivity index (χ2v) is 7.10. The zero-order chi connectivity index (χ0) is 21.3. The van der Waals surface area contributed by atoms with Crippen molar-refractivity contribution in [2.24, 2.45) is 0 Å². The van der Waals surface area contributed by atoms with Crippen molar-refractivity contribution in [2.45, 2.75) is 11.6 Å². The van der Waals surface area contributed by atoms with Crippen LogP contribution in [0.1, 0.15) is 15.9 Å². The molecule has 0 aliphatic carbocycles. The molecule has 0 fully saturated rings. The number of hydrogen-bond donors (Lipinski definition) is 2. The van der Waals surface area contributed by atoms with Crippen LogP contribution in [0, 0.1) is 5.82 Å². The number of halogens is 1. The minimum Gasteiger partial charge on any atom is -0.497 e. The summed E-state index contributed by atoms with van der Waals surface area (Å²) >= 11 is 1.21. The molecule has 0 unspecified atom stereocenters. The van der Waals surface area contributed by atoms with Crippen LogP contribution in [0.25, 0.3) is 0 Å². The third kappa shape index (κ3) is 6.02. The topological polar surface area (TPSA) is 93.2 Å². The largest absolute Gasteiger partial charge is 0.497 e. The van der Waals surface area contributed by atoms with Crippen LogP contribution in [-0.4, -0.2) is 34.9 Å². The maximum Gasteiger partial charge on any atom is 0.259 e. The molecule has 0 saturated carbocycles. The molecule has 2 aromatic carbocycles. The van der Waals surface area contributed by atoms with Crippen molar-refractivity contribution < 1.29 is 18.7 Å². The van der Waals surface area contributed by atoms with Gasteiger partial charge in [0.25, 0.3) is 5.91 Å². The van der Waals surface area contributed by atoms with Gasteiger partial charge in [0.2, 0.25) is 5.91 Å². The first-order valence-corrected chi connectivity index (χ1v) is 9.96. The molecule has 0 aliphatic rings. The van der Waals surface area contributed by atoms with Gasteiger partial charge in [-0.15, -0.1) is 10.2 Å². The lowest BCUT2D eigenvalue weighted by Crippen LogP contribution is -2.24.